The fraction of sp³-hybridized carbons (Fsp3) is 0.583. The lowest BCUT2D eigenvalue weighted by Crippen LogP contribution is -2.34. The van der Waals surface area contributed by atoms with E-state index in [0.29, 0.717) is 18.7 Å². The van der Waals surface area contributed by atoms with Gasteiger partial charge >= 0.3 is 0 Å². The topological polar surface area (TPSA) is 76.6 Å². The van der Waals surface area contributed by atoms with Crippen molar-refractivity contribution in [3.05, 3.63) is 23.0 Å². The van der Waals surface area contributed by atoms with Crippen LogP contribution in [0.25, 0.3) is 0 Å². The van der Waals surface area contributed by atoms with E-state index in [4.69, 9.17) is 10.2 Å². The molecule has 0 aliphatic rings. The van der Waals surface area contributed by atoms with E-state index in [1.165, 1.54) is 0 Å². The van der Waals surface area contributed by atoms with Gasteiger partial charge < -0.3 is 15.2 Å². The van der Waals surface area contributed by atoms with Crippen LogP contribution in [0.4, 0.5) is 0 Å². The second-order valence-electron chi connectivity index (χ2n) is 4.14. The van der Waals surface area contributed by atoms with E-state index in [1.54, 1.807) is 4.90 Å². The Hall–Kier alpha value is -1.17. The molecule has 1 rings (SSSR count). The maximum absolute atomic E-state index is 12.0. The molecule has 5 nitrogen and oxygen atoms in total. The number of nitrogens with one attached hydrogen (secondary N) is 1. The largest absolute Gasteiger partial charge is 0.395 e. The number of nitrogens with zero attached hydrogens (tertiary/aromatic N) is 1. The van der Waals surface area contributed by atoms with Crippen LogP contribution in [-0.4, -0.2) is 58.7 Å². The lowest BCUT2D eigenvalue weighted by molar-refractivity contribution is 0.0893. The second kappa shape index (κ2) is 6.54. The van der Waals surface area contributed by atoms with Gasteiger partial charge in [0.15, 0.2) is 5.78 Å². The Labute approximate surface area is 101 Å². The predicted molar refractivity (Wildman–Crippen MR) is 65.2 cm³/mol. The molecule has 96 valence electrons. The van der Waals surface area contributed by atoms with Gasteiger partial charge in [0.2, 0.25) is 0 Å². The molecular formula is C12H20N2O3. The van der Waals surface area contributed by atoms with E-state index in [-0.39, 0.29) is 25.5 Å². The molecule has 0 aliphatic heterocycles. The number of rotatable bonds is 7. The molecule has 0 unspecified atom stereocenters. The number of ketones is 1. The summed E-state index contributed by atoms with van der Waals surface area (Å²) in [5.74, 6) is 0.00810. The van der Waals surface area contributed by atoms with E-state index in [9.17, 15) is 4.79 Å². The van der Waals surface area contributed by atoms with E-state index in [2.05, 4.69) is 4.98 Å². The molecule has 0 aromatic carbocycles. The highest BCUT2D eigenvalue weighted by Gasteiger charge is 2.15. The average molecular weight is 240 g/mol. The Balaban J connectivity index is 2.66. The van der Waals surface area contributed by atoms with Crippen LogP contribution in [-0.2, 0) is 0 Å². The number of hydrogen-bond donors (Lipinski definition) is 3. The number of aromatic amines is 1. The molecular weight excluding hydrogens is 220 g/mol. The van der Waals surface area contributed by atoms with Crippen LogP contribution in [0.15, 0.2) is 6.07 Å². The Bertz CT molecular complexity index is 368. The summed E-state index contributed by atoms with van der Waals surface area (Å²) in [4.78, 5) is 16.8. The zero-order chi connectivity index (χ0) is 12.8. The van der Waals surface area contributed by atoms with Gasteiger partial charge in [-0.3, -0.25) is 9.69 Å². The monoisotopic (exact) mass is 240 g/mol. The number of carbonyl (C=O) groups is 1. The van der Waals surface area contributed by atoms with Crippen molar-refractivity contribution in [2.45, 2.75) is 13.8 Å². The Morgan fingerprint density at radius 2 is 1.88 bits per heavy atom. The maximum Gasteiger partial charge on any atom is 0.178 e. The van der Waals surface area contributed by atoms with Crippen LogP contribution in [0.5, 0.6) is 0 Å². The molecule has 0 spiro atoms. The standard InChI is InChI=1S/C12H20N2O3/c1-9-7-11(10(2)13-9)12(17)8-14(3-5-15)4-6-16/h7,13,15-16H,3-6,8H2,1-2H3. The molecule has 0 bridgehead atoms. The lowest BCUT2D eigenvalue weighted by atomic mass is 10.1. The smallest absolute Gasteiger partial charge is 0.178 e. The van der Waals surface area contributed by atoms with Gasteiger partial charge in [-0.05, 0) is 19.9 Å². The summed E-state index contributed by atoms with van der Waals surface area (Å²) >= 11 is 0. The van der Waals surface area contributed by atoms with Gasteiger partial charge in [0, 0.05) is 30.0 Å². The third kappa shape index (κ3) is 3.96. The fourth-order valence-electron chi connectivity index (χ4n) is 1.85. The van der Waals surface area contributed by atoms with Crippen LogP contribution in [0.3, 0.4) is 0 Å². The highest BCUT2D eigenvalue weighted by Crippen LogP contribution is 2.10. The van der Waals surface area contributed by atoms with Crippen LogP contribution in [0.1, 0.15) is 21.7 Å². The Morgan fingerprint density at radius 3 is 2.29 bits per heavy atom. The highest BCUT2D eigenvalue weighted by molar-refractivity contribution is 5.98. The molecule has 0 atom stereocenters. The molecule has 0 saturated heterocycles. The number of Topliss-reactive ketones (excluding diaryl/α,β-unsaturated/α-hetero) is 1. The SMILES string of the molecule is Cc1cc(C(=O)CN(CCO)CCO)c(C)[nH]1. The number of hydrogen-bond acceptors (Lipinski definition) is 4. The molecule has 1 heterocycles. The summed E-state index contributed by atoms with van der Waals surface area (Å²) in [5.41, 5.74) is 2.51. The number of aliphatic hydroxyl groups is 2. The zero-order valence-electron chi connectivity index (χ0n) is 10.4. The van der Waals surface area contributed by atoms with E-state index < -0.39 is 0 Å². The molecule has 1 aromatic heterocycles. The molecule has 1 aromatic rings. The summed E-state index contributed by atoms with van der Waals surface area (Å²) in [6.45, 7) is 4.76. The van der Waals surface area contributed by atoms with Gasteiger partial charge in [-0.25, -0.2) is 0 Å². The second-order valence-corrected chi connectivity index (χ2v) is 4.14. The van der Waals surface area contributed by atoms with Crippen LogP contribution in [0, 0.1) is 13.8 Å². The lowest BCUT2D eigenvalue weighted by Gasteiger charge is -2.18. The number of aryl methyl sites for hydroxylation is 2. The summed E-state index contributed by atoms with van der Waals surface area (Å²) in [7, 11) is 0. The first kappa shape index (κ1) is 13.9. The minimum absolute atomic E-state index is 0.00810. The minimum Gasteiger partial charge on any atom is -0.395 e. The first-order valence-corrected chi connectivity index (χ1v) is 5.72. The van der Waals surface area contributed by atoms with Crippen molar-refractivity contribution in [2.75, 3.05) is 32.8 Å². The van der Waals surface area contributed by atoms with Gasteiger partial charge in [-0.15, -0.1) is 0 Å². The molecule has 0 fully saturated rings. The quantitative estimate of drug-likeness (QED) is 0.591. The molecule has 0 aliphatic carbocycles. The van der Waals surface area contributed by atoms with Gasteiger partial charge in [0.1, 0.15) is 0 Å². The van der Waals surface area contributed by atoms with Crippen molar-refractivity contribution in [2.24, 2.45) is 0 Å². The molecule has 0 radical (unpaired) electrons. The van der Waals surface area contributed by atoms with Crippen LogP contribution >= 0.6 is 0 Å². The summed E-state index contributed by atoms with van der Waals surface area (Å²) in [5, 5.41) is 17.7. The number of carbonyl (C=O) groups excluding carboxylic acids is 1. The molecule has 0 saturated carbocycles. The van der Waals surface area contributed by atoms with Gasteiger partial charge in [-0.2, -0.15) is 0 Å². The third-order valence-corrected chi connectivity index (χ3v) is 2.65. The summed E-state index contributed by atoms with van der Waals surface area (Å²) in [6.07, 6.45) is 0. The molecule has 0 amide bonds. The molecule has 5 heteroatoms. The van der Waals surface area contributed by atoms with Gasteiger partial charge in [-0.1, -0.05) is 0 Å². The summed E-state index contributed by atoms with van der Waals surface area (Å²) < 4.78 is 0. The Kier molecular flexibility index (Phi) is 5.34. The van der Waals surface area contributed by atoms with Crippen LogP contribution in [0.2, 0.25) is 0 Å². The fourth-order valence-corrected chi connectivity index (χ4v) is 1.85. The van der Waals surface area contributed by atoms with Crippen molar-refractivity contribution in [3.8, 4) is 0 Å². The van der Waals surface area contributed by atoms with Crippen molar-refractivity contribution in [3.63, 3.8) is 0 Å². The Morgan fingerprint density at radius 1 is 1.29 bits per heavy atom. The number of H-pyrrole nitrogens is 1. The van der Waals surface area contributed by atoms with Crippen LogP contribution < -0.4 is 0 Å². The highest BCUT2D eigenvalue weighted by atomic mass is 16.3. The van der Waals surface area contributed by atoms with E-state index in [0.717, 1.165) is 11.4 Å². The van der Waals surface area contributed by atoms with Crippen molar-refractivity contribution in [1.29, 1.82) is 0 Å². The number of aliphatic hydroxyl groups excluding tert-OH is 2. The molecule has 17 heavy (non-hydrogen) atoms. The molecule has 3 N–H and O–H groups in total. The summed E-state index contributed by atoms with van der Waals surface area (Å²) in [6, 6.07) is 1.83. The van der Waals surface area contributed by atoms with Crippen molar-refractivity contribution < 1.29 is 15.0 Å². The minimum atomic E-state index is -0.0154. The van der Waals surface area contributed by atoms with Crippen molar-refractivity contribution >= 4 is 5.78 Å². The van der Waals surface area contributed by atoms with Crippen molar-refractivity contribution in [1.82, 2.24) is 9.88 Å². The number of aromatic nitrogens is 1. The van der Waals surface area contributed by atoms with E-state index >= 15 is 0 Å². The first-order valence-electron chi connectivity index (χ1n) is 5.72. The van der Waals surface area contributed by atoms with Gasteiger partial charge in [0.05, 0.1) is 19.8 Å². The first-order chi connectivity index (χ1) is 8.08. The van der Waals surface area contributed by atoms with Gasteiger partial charge in [0.25, 0.3) is 0 Å². The maximum atomic E-state index is 12.0. The third-order valence-electron chi connectivity index (χ3n) is 2.65. The van der Waals surface area contributed by atoms with E-state index in [1.807, 2.05) is 19.9 Å². The zero-order valence-corrected chi connectivity index (χ0v) is 10.4. The predicted octanol–water partition coefficient (Wildman–Crippen LogP) is 0.101. The normalized spacial score (nSPS) is 11.1. The average Bonchev–Trinajstić information content (AvgIpc) is 2.58.